The topological polar surface area (TPSA) is 105 Å². The van der Waals surface area contributed by atoms with Crippen molar-refractivity contribution >= 4 is 27.6 Å². The van der Waals surface area contributed by atoms with Crippen LogP contribution in [-0.4, -0.2) is 34.7 Å². The smallest absolute Gasteiger partial charge is 0.229 e. The first-order valence-electron chi connectivity index (χ1n) is 8.15. The molecule has 0 fully saturated rings. The van der Waals surface area contributed by atoms with Crippen molar-refractivity contribution in [3.63, 3.8) is 0 Å². The van der Waals surface area contributed by atoms with Crippen LogP contribution in [0.4, 0.5) is 5.69 Å². The Morgan fingerprint density at radius 2 is 1.64 bits per heavy atom. The van der Waals surface area contributed by atoms with Crippen LogP contribution in [-0.2, 0) is 10.0 Å². The molecule has 8 heteroatoms. The lowest BCUT2D eigenvalue weighted by Gasteiger charge is -2.11. The number of anilines is 1. The molecule has 0 spiro atoms. The molecule has 7 nitrogen and oxygen atoms in total. The molecule has 0 bridgehead atoms. The summed E-state index contributed by atoms with van der Waals surface area (Å²) in [6, 6.07) is 11.2. The number of nitrogens with zero attached hydrogens (tertiary/aromatic N) is 1. The molecule has 0 unspecified atom stereocenters. The van der Waals surface area contributed by atoms with Gasteiger partial charge in [0.1, 0.15) is 23.1 Å². The Morgan fingerprint density at radius 1 is 1.11 bits per heavy atom. The second-order valence-electron chi connectivity index (χ2n) is 6.00. The highest BCUT2D eigenvalue weighted by atomic mass is 32.2. The van der Waals surface area contributed by atoms with Gasteiger partial charge in [-0.1, -0.05) is 0 Å². The van der Waals surface area contributed by atoms with E-state index in [1.54, 1.807) is 12.1 Å². The third-order valence-corrected chi connectivity index (χ3v) is 4.51. The number of Topliss-reactive ketones (excluding diaryl/α,β-unsaturated/α-hetero) is 1. The van der Waals surface area contributed by atoms with Gasteiger partial charge in [0.2, 0.25) is 15.8 Å². The van der Waals surface area contributed by atoms with Gasteiger partial charge in [-0.2, -0.15) is 5.26 Å². The molecule has 0 saturated carbocycles. The lowest BCUT2D eigenvalue weighted by atomic mass is 10.0. The standard InChI is InChI=1S/C20H20N2O5S/c1-13-18(26-2)10-14(11-19(13)27-3)9-16(12-21)20(23)15-5-7-17(8-6-15)22-28(4,24)25/h5-11,22H,1-4H3/b16-9+. The third-order valence-electron chi connectivity index (χ3n) is 3.90. The van der Waals surface area contributed by atoms with E-state index in [4.69, 9.17) is 9.47 Å². The fourth-order valence-corrected chi connectivity index (χ4v) is 3.13. The first-order valence-corrected chi connectivity index (χ1v) is 10.0. The maximum absolute atomic E-state index is 12.7. The van der Waals surface area contributed by atoms with Gasteiger partial charge in [0.15, 0.2) is 0 Å². The van der Waals surface area contributed by atoms with Crippen molar-refractivity contribution in [2.24, 2.45) is 0 Å². The third kappa shape index (κ3) is 5.11. The average molecular weight is 400 g/mol. The summed E-state index contributed by atoms with van der Waals surface area (Å²) in [6.45, 7) is 1.84. The van der Waals surface area contributed by atoms with Crippen LogP contribution in [0.5, 0.6) is 11.5 Å². The molecule has 146 valence electrons. The van der Waals surface area contributed by atoms with Crippen molar-refractivity contribution in [3.8, 4) is 17.6 Å². The molecule has 2 rings (SSSR count). The molecule has 0 aliphatic carbocycles. The van der Waals surface area contributed by atoms with E-state index in [0.717, 1.165) is 11.8 Å². The van der Waals surface area contributed by atoms with Crippen LogP contribution in [0.2, 0.25) is 0 Å². The predicted molar refractivity (Wildman–Crippen MR) is 107 cm³/mol. The number of benzene rings is 2. The summed E-state index contributed by atoms with van der Waals surface area (Å²) in [6.07, 6.45) is 2.49. The van der Waals surface area contributed by atoms with Crippen LogP contribution >= 0.6 is 0 Å². The number of nitrogens with one attached hydrogen (secondary N) is 1. The van der Waals surface area contributed by atoms with Crippen molar-refractivity contribution in [3.05, 3.63) is 58.7 Å². The summed E-state index contributed by atoms with van der Waals surface area (Å²) < 4.78 is 35.4. The maximum Gasteiger partial charge on any atom is 0.229 e. The molecule has 0 aromatic heterocycles. The fraction of sp³-hybridized carbons (Fsp3) is 0.200. The van der Waals surface area contributed by atoms with Crippen molar-refractivity contribution in [2.75, 3.05) is 25.2 Å². The van der Waals surface area contributed by atoms with Gasteiger partial charge in [-0.15, -0.1) is 0 Å². The van der Waals surface area contributed by atoms with Crippen molar-refractivity contribution < 1.29 is 22.7 Å². The fourth-order valence-electron chi connectivity index (χ4n) is 2.56. The molecule has 0 atom stereocenters. The normalized spacial score (nSPS) is 11.5. The molecule has 2 aromatic carbocycles. The Bertz CT molecular complexity index is 1040. The van der Waals surface area contributed by atoms with E-state index in [9.17, 15) is 18.5 Å². The molecule has 0 aliphatic rings. The van der Waals surface area contributed by atoms with Crippen LogP contribution in [0.1, 0.15) is 21.5 Å². The van der Waals surface area contributed by atoms with E-state index < -0.39 is 15.8 Å². The minimum absolute atomic E-state index is 0.0724. The maximum atomic E-state index is 12.7. The number of methoxy groups -OCH3 is 2. The van der Waals surface area contributed by atoms with Crippen LogP contribution in [0, 0.1) is 18.3 Å². The van der Waals surface area contributed by atoms with Crippen LogP contribution in [0.15, 0.2) is 42.0 Å². The summed E-state index contributed by atoms with van der Waals surface area (Å²) in [4.78, 5) is 12.7. The highest BCUT2D eigenvalue weighted by Gasteiger charge is 2.14. The van der Waals surface area contributed by atoms with Crippen molar-refractivity contribution in [1.29, 1.82) is 5.26 Å². The van der Waals surface area contributed by atoms with Crippen LogP contribution < -0.4 is 14.2 Å². The molecule has 0 heterocycles. The first kappa shape index (κ1) is 21.0. The van der Waals surface area contributed by atoms with Gasteiger partial charge in [0.25, 0.3) is 0 Å². The molecule has 0 saturated heterocycles. The largest absolute Gasteiger partial charge is 0.496 e. The Kier molecular flexibility index (Phi) is 6.44. The number of hydrogen-bond donors (Lipinski definition) is 1. The predicted octanol–water partition coefficient (Wildman–Crippen LogP) is 3.17. The molecular weight excluding hydrogens is 380 g/mol. The number of rotatable bonds is 7. The number of carbonyl (C=O) groups is 1. The summed E-state index contributed by atoms with van der Waals surface area (Å²) >= 11 is 0. The van der Waals surface area contributed by atoms with Gasteiger partial charge >= 0.3 is 0 Å². The second-order valence-corrected chi connectivity index (χ2v) is 7.75. The van der Waals surface area contributed by atoms with E-state index in [1.807, 2.05) is 13.0 Å². The van der Waals surface area contributed by atoms with Crippen LogP contribution in [0.25, 0.3) is 6.08 Å². The number of allylic oxidation sites excluding steroid dienone is 1. The van der Waals surface area contributed by atoms with Gasteiger partial charge < -0.3 is 9.47 Å². The number of sulfonamides is 1. The van der Waals surface area contributed by atoms with Gasteiger partial charge in [0, 0.05) is 16.8 Å². The minimum atomic E-state index is -3.41. The summed E-state index contributed by atoms with van der Waals surface area (Å²) in [7, 11) is -0.360. The monoisotopic (exact) mass is 400 g/mol. The van der Waals surface area contributed by atoms with Crippen LogP contribution in [0.3, 0.4) is 0 Å². The molecule has 2 aromatic rings. The lowest BCUT2D eigenvalue weighted by molar-refractivity contribution is 0.104. The van der Waals surface area contributed by atoms with E-state index >= 15 is 0 Å². The van der Waals surface area contributed by atoms with E-state index in [-0.39, 0.29) is 11.1 Å². The lowest BCUT2D eigenvalue weighted by Crippen LogP contribution is -2.09. The average Bonchev–Trinajstić information content (AvgIpc) is 2.65. The number of hydrogen-bond acceptors (Lipinski definition) is 6. The van der Waals surface area contributed by atoms with E-state index in [0.29, 0.717) is 22.7 Å². The Hall–Kier alpha value is -3.31. The van der Waals surface area contributed by atoms with Gasteiger partial charge in [0.05, 0.1) is 20.5 Å². The first-order chi connectivity index (χ1) is 13.2. The minimum Gasteiger partial charge on any atom is -0.496 e. The number of ether oxygens (including phenoxy) is 2. The highest BCUT2D eigenvalue weighted by Crippen LogP contribution is 2.30. The zero-order chi connectivity index (χ0) is 20.9. The molecule has 0 aliphatic heterocycles. The van der Waals surface area contributed by atoms with Crippen molar-refractivity contribution in [1.82, 2.24) is 0 Å². The number of nitriles is 1. The van der Waals surface area contributed by atoms with Gasteiger partial charge in [-0.3, -0.25) is 9.52 Å². The number of ketones is 1. The highest BCUT2D eigenvalue weighted by molar-refractivity contribution is 7.92. The Balaban J connectivity index is 2.37. The summed E-state index contributed by atoms with van der Waals surface area (Å²) in [5, 5.41) is 9.44. The molecule has 0 radical (unpaired) electrons. The van der Waals surface area contributed by atoms with Gasteiger partial charge in [-0.05, 0) is 55.0 Å². The zero-order valence-electron chi connectivity index (χ0n) is 15.9. The molecule has 28 heavy (non-hydrogen) atoms. The molecule has 1 N–H and O–H groups in total. The zero-order valence-corrected chi connectivity index (χ0v) is 16.8. The quantitative estimate of drug-likeness (QED) is 0.435. The Morgan fingerprint density at radius 3 is 2.07 bits per heavy atom. The summed E-state index contributed by atoms with van der Waals surface area (Å²) in [5.41, 5.74) is 1.91. The van der Waals surface area contributed by atoms with E-state index in [2.05, 4.69) is 4.72 Å². The SMILES string of the molecule is COc1cc(/C=C(\C#N)C(=O)c2ccc(NS(C)(=O)=O)cc2)cc(OC)c1C. The second kappa shape index (κ2) is 8.59. The number of carbonyl (C=O) groups excluding carboxylic acids is 1. The van der Waals surface area contributed by atoms with Gasteiger partial charge in [-0.25, -0.2) is 8.42 Å². The molecule has 0 amide bonds. The Labute approximate surface area is 164 Å². The van der Waals surface area contributed by atoms with E-state index in [1.165, 1.54) is 44.6 Å². The van der Waals surface area contributed by atoms with Crippen molar-refractivity contribution in [2.45, 2.75) is 6.92 Å². The summed E-state index contributed by atoms with van der Waals surface area (Å²) in [5.74, 6) is 0.671. The molecular formula is C20H20N2O5S.